The summed E-state index contributed by atoms with van der Waals surface area (Å²) in [6.07, 6.45) is 7.40. The van der Waals surface area contributed by atoms with Crippen molar-refractivity contribution >= 4 is 5.78 Å². The topological polar surface area (TPSA) is 34.9 Å². The minimum Gasteiger partial charge on any atom is -0.294 e. The van der Waals surface area contributed by atoms with Crippen LogP contribution < -0.4 is 0 Å². The first-order chi connectivity index (χ1) is 17.5. The van der Waals surface area contributed by atoms with Crippen LogP contribution in [0.5, 0.6) is 0 Å². The van der Waals surface area contributed by atoms with Gasteiger partial charge in [-0.05, 0) is 48.8 Å². The molecule has 2 aliphatic rings. The van der Waals surface area contributed by atoms with Crippen molar-refractivity contribution in [2.45, 2.75) is 38.0 Å². The third-order valence-corrected chi connectivity index (χ3v) is 8.57. The molecule has 36 heavy (non-hydrogen) atoms. The van der Waals surface area contributed by atoms with E-state index in [1.54, 1.807) is 0 Å². The van der Waals surface area contributed by atoms with Crippen LogP contribution in [0.25, 0.3) is 11.3 Å². The average molecular weight is 473 g/mol. The highest BCUT2D eigenvalue weighted by molar-refractivity contribution is 5.97. The number of allylic oxidation sites excluding steroid dienone is 2. The summed E-state index contributed by atoms with van der Waals surface area (Å²) in [7, 11) is 2.05. The van der Waals surface area contributed by atoms with Gasteiger partial charge in [0.1, 0.15) is 0 Å². The van der Waals surface area contributed by atoms with Gasteiger partial charge in [-0.25, -0.2) is 0 Å². The molecule has 180 valence electrons. The molecule has 0 aliphatic heterocycles. The van der Waals surface area contributed by atoms with E-state index < -0.39 is 5.41 Å². The van der Waals surface area contributed by atoms with Gasteiger partial charge in [-0.1, -0.05) is 104 Å². The molecule has 3 heteroatoms. The zero-order chi connectivity index (χ0) is 24.8. The lowest BCUT2D eigenvalue weighted by molar-refractivity contribution is -0.130. The number of aryl methyl sites for hydroxylation is 1. The number of hydrogen-bond acceptors (Lipinski definition) is 2. The van der Waals surface area contributed by atoms with E-state index in [4.69, 9.17) is 5.10 Å². The van der Waals surface area contributed by atoms with Crippen molar-refractivity contribution in [1.82, 2.24) is 9.78 Å². The molecule has 6 rings (SSSR count). The molecule has 0 amide bonds. The molecule has 0 bridgehead atoms. The maximum Gasteiger partial charge on any atom is 0.162 e. The first kappa shape index (κ1) is 22.7. The Bertz CT molecular complexity index is 1380. The predicted molar refractivity (Wildman–Crippen MR) is 145 cm³/mol. The maximum atomic E-state index is 14.0. The molecule has 1 aromatic heterocycles. The van der Waals surface area contributed by atoms with E-state index in [1.807, 2.05) is 22.9 Å². The number of rotatable bonds is 5. The fourth-order valence-corrected chi connectivity index (χ4v) is 6.98. The van der Waals surface area contributed by atoms with E-state index in [0.29, 0.717) is 0 Å². The standard InChI is InChI=1S/C33H32N2O/c1-32-21-20-29(36)33(22-24-12-6-3-7-13-24,23-25-14-8-4-9-15-25)28(32)19-18-27-30(35(2)34-31(27)32)26-16-10-5-11-17-26/h3-17,20-21,28H,18-19,22-23H2,1-2H3/t28-,32+/m1/s1. The highest BCUT2D eigenvalue weighted by Crippen LogP contribution is 2.56. The number of aromatic nitrogens is 2. The Kier molecular flexibility index (Phi) is 5.52. The second kappa shape index (κ2) is 8.74. The molecule has 0 saturated heterocycles. The van der Waals surface area contributed by atoms with Crippen LogP contribution >= 0.6 is 0 Å². The molecular weight excluding hydrogens is 440 g/mol. The summed E-state index contributed by atoms with van der Waals surface area (Å²) in [5.74, 6) is 0.411. The molecule has 2 atom stereocenters. The van der Waals surface area contributed by atoms with Crippen molar-refractivity contribution in [2.24, 2.45) is 18.4 Å². The van der Waals surface area contributed by atoms with Crippen molar-refractivity contribution in [3.63, 3.8) is 0 Å². The van der Waals surface area contributed by atoms with E-state index in [-0.39, 0.29) is 17.1 Å². The monoisotopic (exact) mass is 472 g/mol. The van der Waals surface area contributed by atoms with Gasteiger partial charge in [0.25, 0.3) is 0 Å². The first-order valence-electron chi connectivity index (χ1n) is 12.9. The van der Waals surface area contributed by atoms with Crippen molar-refractivity contribution < 1.29 is 4.79 Å². The molecule has 2 aliphatic carbocycles. The highest BCUT2D eigenvalue weighted by Gasteiger charge is 2.57. The molecule has 0 fully saturated rings. The molecule has 0 saturated carbocycles. The molecule has 3 nitrogen and oxygen atoms in total. The smallest absolute Gasteiger partial charge is 0.162 e. The van der Waals surface area contributed by atoms with E-state index in [2.05, 4.69) is 98.9 Å². The third-order valence-electron chi connectivity index (χ3n) is 8.57. The molecule has 0 unspecified atom stereocenters. The first-order valence-corrected chi connectivity index (χ1v) is 12.9. The number of hydrogen-bond donors (Lipinski definition) is 0. The van der Waals surface area contributed by atoms with E-state index in [9.17, 15) is 4.79 Å². The van der Waals surface area contributed by atoms with Crippen molar-refractivity contribution in [3.8, 4) is 11.3 Å². The number of nitrogens with zero attached hydrogens (tertiary/aromatic N) is 2. The molecule has 0 radical (unpaired) electrons. The summed E-state index contributed by atoms with van der Waals surface area (Å²) in [6.45, 7) is 2.31. The quantitative estimate of drug-likeness (QED) is 0.331. The largest absolute Gasteiger partial charge is 0.294 e. The van der Waals surface area contributed by atoms with Crippen LogP contribution in [0, 0.1) is 11.3 Å². The lowest BCUT2D eigenvalue weighted by atomic mass is 9.49. The molecule has 4 aromatic rings. The predicted octanol–water partition coefficient (Wildman–Crippen LogP) is 6.52. The van der Waals surface area contributed by atoms with E-state index in [1.165, 1.54) is 27.9 Å². The Balaban J connectivity index is 1.51. The number of ketones is 1. The van der Waals surface area contributed by atoms with Crippen LogP contribution in [-0.2, 0) is 36.5 Å². The Morgan fingerprint density at radius 1 is 0.861 bits per heavy atom. The van der Waals surface area contributed by atoms with Crippen molar-refractivity contribution in [3.05, 3.63) is 126 Å². The van der Waals surface area contributed by atoms with Gasteiger partial charge in [0.2, 0.25) is 0 Å². The normalized spacial score (nSPS) is 22.2. The summed E-state index contributed by atoms with van der Waals surface area (Å²) < 4.78 is 2.05. The number of fused-ring (bicyclic) bond motifs is 3. The van der Waals surface area contributed by atoms with E-state index in [0.717, 1.165) is 31.4 Å². The summed E-state index contributed by atoms with van der Waals surface area (Å²) in [4.78, 5) is 14.0. The zero-order valence-corrected chi connectivity index (χ0v) is 21.0. The lowest BCUT2D eigenvalue weighted by Gasteiger charge is -2.52. The van der Waals surface area contributed by atoms with Gasteiger partial charge in [0.15, 0.2) is 5.78 Å². The molecule has 1 heterocycles. The summed E-state index contributed by atoms with van der Waals surface area (Å²) in [5.41, 5.74) is 6.47. The number of benzene rings is 3. The van der Waals surface area contributed by atoms with Gasteiger partial charge in [-0.2, -0.15) is 5.10 Å². The molecule has 3 aromatic carbocycles. The third kappa shape index (κ3) is 3.57. The highest BCUT2D eigenvalue weighted by atomic mass is 16.1. The van der Waals surface area contributed by atoms with Crippen LogP contribution in [0.3, 0.4) is 0 Å². The van der Waals surface area contributed by atoms with Gasteiger partial charge >= 0.3 is 0 Å². The second-order valence-electron chi connectivity index (χ2n) is 10.7. The number of carbonyl (C=O) groups excluding carboxylic acids is 1. The zero-order valence-electron chi connectivity index (χ0n) is 21.0. The lowest BCUT2D eigenvalue weighted by Crippen LogP contribution is -2.54. The Morgan fingerprint density at radius 3 is 2.00 bits per heavy atom. The molecule has 0 N–H and O–H groups in total. The Morgan fingerprint density at radius 2 is 1.42 bits per heavy atom. The average Bonchev–Trinajstić information content (AvgIpc) is 3.25. The fraction of sp³-hybridized carbons (Fsp3) is 0.273. The summed E-state index contributed by atoms with van der Waals surface area (Å²) in [5, 5.41) is 5.14. The van der Waals surface area contributed by atoms with Crippen molar-refractivity contribution in [1.29, 1.82) is 0 Å². The minimum atomic E-state index is -0.520. The fourth-order valence-electron chi connectivity index (χ4n) is 6.98. The molecular formula is C33H32N2O. The second-order valence-corrected chi connectivity index (χ2v) is 10.7. The molecule has 0 spiro atoms. The van der Waals surface area contributed by atoms with Crippen LogP contribution in [0.15, 0.2) is 103 Å². The SMILES string of the molecule is Cn1nc2c(c1-c1ccccc1)CC[C@H]1C(Cc3ccccc3)(Cc3ccccc3)C(=O)C=C[C@]21C. The van der Waals surface area contributed by atoms with Gasteiger partial charge in [0, 0.05) is 29.0 Å². The van der Waals surface area contributed by atoms with Crippen LogP contribution in [0.1, 0.15) is 35.7 Å². The summed E-state index contributed by atoms with van der Waals surface area (Å²) >= 11 is 0. The van der Waals surface area contributed by atoms with Crippen LogP contribution in [0.2, 0.25) is 0 Å². The number of carbonyl (C=O) groups is 1. The van der Waals surface area contributed by atoms with Crippen molar-refractivity contribution in [2.75, 3.05) is 0 Å². The Labute approximate surface area is 213 Å². The van der Waals surface area contributed by atoms with Gasteiger partial charge in [-0.15, -0.1) is 0 Å². The van der Waals surface area contributed by atoms with Crippen LogP contribution in [-0.4, -0.2) is 15.6 Å². The van der Waals surface area contributed by atoms with E-state index >= 15 is 0 Å². The summed E-state index contributed by atoms with van der Waals surface area (Å²) in [6, 6.07) is 31.6. The van der Waals surface area contributed by atoms with Gasteiger partial charge < -0.3 is 0 Å². The maximum absolute atomic E-state index is 14.0. The van der Waals surface area contributed by atoms with Crippen LogP contribution in [0.4, 0.5) is 0 Å². The van der Waals surface area contributed by atoms with Gasteiger partial charge in [-0.3, -0.25) is 9.48 Å². The van der Waals surface area contributed by atoms with Gasteiger partial charge in [0.05, 0.1) is 11.4 Å². The minimum absolute atomic E-state index is 0.161. The Hall–Kier alpha value is -3.72.